The summed E-state index contributed by atoms with van der Waals surface area (Å²) in [7, 11) is 0. The topological polar surface area (TPSA) is 40.6 Å². The number of ketones is 1. The van der Waals surface area contributed by atoms with Crippen LogP contribution in [0.5, 0.6) is 0 Å². The number of piperazine rings is 1. The highest BCUT2D eigenvalue weighted by Crippen LogP contribution is 2.14. The van der Waals surface area contributed by atoms with E-state index in [0.717, 1.165) is 12.0 Å². The first kappa shape index (κ1) is 18.7. The smallest absolute Gasteiger partial charge is 0.223 e. The summed E-state index contributed by atoms with van der Waals surface area (Å²) in [6.45, 7) is 4.56. The van der Waals surface area contributed by atoms with Crippen LogP contribution in [0.2, 0.25) is 0 Å². The van der Waals surface area contributed by atoms with Crippen molar-refractivity contribution in [3.05, 3.63) is 57.5 Å². The minimum Gasteiger partial charge on any atom is -0.340 e. The molecule has 1 aromatic heterocycles. The Hall–Kier alpha value is -2.05. The molecule has 1 saturated heterocycles. The number of hydrogen-bond donors (Lipinski definition) is 0. The molecule has 1 aliphatic rings. The van der Waals surface area contributed by atoms with Gasteiger partial charge in [0, 0.05) is 37.5 Å². The minimum atomic E-state index is -0.469. The molecule has 1 aromatic carbocycles. The van der Waals surface area contributed by atoms with Gasteiger partial charge in [0.05, 0.1) is 12.1 Å². The fourth-order valence-corrected chi connectivity index (χ4v) is 3.85. The number of thiophene rings is 1. The quantitative estimate of drug-likeness (QED) is 0.730. The van der Waals surface area contributed by atoms with Crippen molar-refractivity contribution >= 4 is 23.0 Å². The Balaban J connectivity index is 1.46. The SMILES string of the molecule is Cc1ccc(F)c(C(=O)CN2CCN(C(=O)CCc3cccs3)CC2)c1. The van der Waals surface area contributed by atoms with E-state index in [9.17, 15) is 14.0 Å². The van der Waals surface area contributed by atoms with Gasteiger partial charge in [0.15, 0.2) is 5.78 Å². The van der Waals surface area contributed by atoms with Crippen molar-refractivity contribution in [3.8, 4) is 0 Å². The van der Waals surface area contributed by atoms with Gasteiger partial charge < -0.3 is 4.90 Å². The Labute approximate surface area is 157 Å². The number of halogens is 1. The summed E-state index contributed by atoms with van der Waals surface area (Å²) in [6, 6.07) is 8.64. The standard InChI is InChI=1S/C20H23FN2O2S/c1-15-4-6-18(21)17(13-15)19(24)14-22-8-10-23(11-9-22)20(25)7-5-16-3-2-12-26-16/h2-4,6,12-13H,5,7-11,14H2,1H3. The van der Waals surface area contributed by atoms with Gasteiger partial charge in [-0.3, -0.25) is 14.5 Å². The van der Waals surface area contributed by atoms with Gasteiger partial charge >= 0.3 is 0 Å². The van der Waals surface area contributed by atoms with E-state index in [4.69, 9.17) is 0 Å². The van der Waals surface area contributed by atoms with Crippen molar-refractivity contribution in [1.29, 1.82) is 0 Å². The number of Topliss-reactive ketones (excluding diaryl/α,β-unsaturated/α-hetero) is 1. The van der Waals surface area contributed by atoms with E-state index in [2.05, 4.69) is 0 Å². The fraction of sp³-hybridized carbons (Fsp3) is 0.400. The van der Waals surface area contributed by atoms with Crippen LogP contribution in [0, 0.1) is 12.7 Å². The van der Waals surface area contributed by atoms with Crippen LogP contribution in [0.25, 0.3) is 0 Å². The van der Waals surface area contributed by atoms with Crippen molar-refractivity contribution in [2.45, 2.75) is 19.8 Å². The van der Waals surface area contributed by atoms with Gasteiger partial charge in [-0.25, -0.2) is 4.39 Å². The lowest BCUT2D eigenvalue weighted by Gasteiger charge is -2.34. The predicted molar refractivity (Wildman–Crippen MR) is 101 cm³/mol. The zero-order valence-corrected chi connectivity index (χ0v) is 15.7. The molecule has 0 saturated carbocycles. The predicted octanol–water partition coefficient (Wildman–Crippen LogP) is 3.16. The molecule has 4 nitrogen and oxygen atoms in total. The third-order valence-corrected chi connectivity index (χ3v) is 5.62. The van der Waals surface area contributed by atoms with E-state index in [1.807, 2.05) is 34.2 Å². The average Bonchev–Trinajstić information content (AvgIpc) is 3.16. The monoisotopic (exact) mass is 374 g/mol. The molecule has 26 heavy (non-hydrogen) atoms. The molecule has 0 unspecified atom stereocenters. The molecule has 0 aliphatic carbocycles. The molecule has 0 radical (unpaired) electrons. The van der Waals surface area contributed by atoms with Crippen molar-refractivity contribution in [2.75, 3.05) is 32.7 Å². The lowest BCUT2D eigenvalue weighted by Crippen LogP contribution is -2.50. The van der Waals surface area contributed by atoms with Crippen molar-refractivity contribution in [1.82, 2.24) is 9.80 Å². The second-order valence-electron chi connectivity index (χ2n) is 6.64. The maximum atomic E-state index is 13.9. The first-order chi connectivity index (χ1) is 12.5. The molecule has 1 fully saturated rings. The third kappa shape index (κ3) is 4.77. The van der Waals surface area contributed by atoms with Crippen LogP contribution in [-0.2, 0) is 11.2 Å². The third-order valence-electron chi connectivity index (χ3n) is 4.68. The molecular formula is C20H23FN2O2S. The first-order valence-electron chi connectivity index (χ1n) is 8.85. The molecule has 0 atom stereocenters. The van der Waals surface area contributed by atoms with Crippen LogP contribution in [0.15, 0.2) is 35.7 Å². The highest BCUT2D eigenvalue weighted by Gasteiger charge is 2.23. The van der Waals surface area contributed by atoms with Gasteiger partial charge in [0.1, 0.15) is 5.82 Å². The molecule has 0 N–H and O–H groups in total. The average molecular weight is 374 g/mol. The Bertz CT molecular complexity index is 768. The Kier molecular flexibility index (Phi) is 6.16. The molecule has 0 spiro atoms. The summed E-state index contributed by atoms with van der Waals surface area (Å²) in [5, 5.41) is 2.02. The first-order valence-corrected chi connectivity index (χ1v) is 9.73. The van der Waals surface area contributed by atoms with Crippen LogP contribution in [0.3, 0.4) is 0 Å². The van der Waals surface area contributed by atoms with Crippen molar-refractivity contribution in [2.24, 2.45) is 0 Å². The molecule has 0 bridgehead atoms. The summed E-state index contributed by atoms with van der Waals surface area (Å²) in [4.78, 5) is 29.8. The second-order valence-corrected chi connectivity index (χ2v) is 7.68. The van der Waals surface area contributed by atoms with Gasteiger partial charge in [-0.2, -0.15) is 0 Å². The number of carbonyl (C=O) groups is 2. The van der Waals surface area contributed by atoms with E-state index >= 15 is 0 Å². The van der Waals surface area contributed by atoms with E-state index in [0.29, 0.717) is 32.6 Å². The summed E-state index contributed by atoms with van der Waals surface area (Å²) in [5.74, 6) is -0.513. The Morgan fingerprint density at radius 2 is 1.92 bits per heavy atom. The van der Waals surface area contributed by atoms with E-state index in [1.54, 1.807) is 23.5 Å². The van der Waals surface area contributed by atoms with E-state index in [1.165, 1.54) is 10.9 Å². The zero-order chi connectivity index (χ0) is 18.5. The van der Waals surface area contributed by atoms with Crippen molar-refractivity contribution in [3.63, 3.8) is 0 Å². The second kappa shape index (κ2) is 8.56. The Morgan fingerprint density at radius 3 is 2.62 bits per heavy atom. The number of nitrogens with zero attached hydrogens (tertiary/aromatic N) is 2. The minimum absolute atomic E-state index is 0.152. The fourth-order valence-electron chi connectivity index (χ4n) is 3.14. The van der Waals surface area contributed by atoms with Crippen LogP contribution in [0.4, 0.5) is 4.39 Å². The molecular weight excluding hydrogens is 351 g/mol. The van der Waals surface area contributed by atoms with Crippen LogP contribution in [-0.4, -0.2) is 54.2 Å². The summed E-state index contributed by atoms with van der Waals surface area (Å²) in [5.41, 5.74) is 1.02. The maximum absolute atomic E-state index is 13.9. The van der Waals surface area contributed by atoms with E-state index in [-0.39, 0.29) is 23.8 Å². The molecule has 3 rings (SSSR count). The number of amides is 1. The van der Waals surface area contributed by atoms with Gasteiger partial charge in [-0.15, -0.1) is 11.3 Å². The highest BCUT2D eigenvalue weighted by molar-refractivity contribution is 7.09. The van der Waals surface area contributed by atoms with Gasteiger partial charge in [0.2, 0.25) is 5.91 Å². The normalized spacial score (nSPS) is 15.2. The molecule has 138 valence electrons. The maximum Gasteiger partial charge on any atom is 0.223 e. The summed E-state index contributed by atoms with van der Waals surface area (Å²) in [6.07, 6.45) is 1.30. The highest BCUT2D eigenvalue weighted by atomic mass is 32.1. The number of rotatable bonds is 6. The van der Waals surface area contributed by atoms with Crippen LogP contribution >= 0.6 is 11.3 Å². The lowest BCUT2D eigenvalue weighted by molar-refractivity contribution is -0.132. The zero-order valence-electron chi connectivity index (χ0n) is 14.9. The van der Waals surface area contributed by atoms with Crippen molar-refractivity contribution < 1.29 is 14.0 Å². The molecule has 2 aromatic rings. The Morgan fingerprint density at radius 1 is 1.15 bits per heavy atom. The summed E-state index contributed by atoms with van der Waals surface area (Å²) < 4.78 is 13.9. The lowest BCUT2D eigenvalue weighted by atomic mass is 10.1. The van der Waals surface area contributed by atoms with Crippen LogP contribution in [0.1, 0.15) is 27.2 Å². The van der Waals surface area contributed by atoms with Gasteiger partial charge in [0.25, 0.3) is 0 Å². The molecule has 6 heteroatoms. The largest absolute Gasteiger partial charge is 0.340 e. The molecule has 1 aliphatic heterocycles. The molecule has 1 amide bonds. The van der Waals surface area contributed by atoms with Gasteiger partial charge in [-0.05, 0) is 36.9 Å². The number of aryl methyl sites for hydroxylation is 2. The molecule has 2 heterocycles. The van der Waals surface area contributed by atoms with E-state index < -0.39 is 5.82 Å². The van der Waals surface area contributed by atoms with Gasteiger partial charge in [-0.1, -0.05) is 17.7 Å². The summed E-state index contributed by atoms with van der Waals surface area (Å²) >= 11 is 1.67. The number of carbonyl (C=O) groups excluding carboxylic acids is 2. The van der Waals surface area contributed by atoms with Crippen LogP contribution < -0.4 is 0 Å². The number of benzene rings is 1. The number of hydrogen-bond acceptors (Lipinski definition) is 4.